The van der Waals surface area contributed by atoms with E-state index >= 15 is 0 Å². The highest BCUT2D eigenvalue weighted by molar-refractivity contribution is 5.99. The molecule has 202 valence electrons. The van der Waals surface area contributed by atoms with Crippen molar-refractivity contribution in [1.82, 2.24) is 10.2 Å². The molecule has 2 aromatic carbocycles. The molecule has 2 unspecified atom stereocenters. The number of aryl methyl sites for hydroxylation is 2. The van der Waals surface area contributed by atoms with Crippen LogP contribution in [0.2, 0.25) is 0 Å². The third-order valence-electron chi connectivity index (χ3n) is 6.29. The van der Waals surface area contributed by atoms with E-state index in [9.17, 15) is 14.4 Å². The van der Waals surface area contributed by atoms with Crippen molar-refractivity contribution in [3.63, 3.8) is 0 Å². The molecular formula is C30H43N3O4. The van der Waals surface area contributed by atoms with Crippen molar-refractivity contribution in [2.45, 2.75) is 92.3 Å². The molecular weight excluding hydrogens is 466 g/mol. The standard InChI is InChI=1S/C30H43N3O4/c1-9-10-13-19-33(28(35)23(5)31-29(36)37-30(6,7)8)26(24-17-14-16-20(2)22(24)4)27(34)32-25-18-12-11-15-21(25)3/h11-12,14-18,23,26H,9-10,13,19H2,1-8H3,(H,31,36)(H,32,34). The first-order chi connectivity index (χ1) is 17.4. The highest BCUT2D eigenvalue weighted by Crippen LogP contribution is 2.29. The summed E-state index contributed by atoms with van der Waals surface area (Å²) < 4.78 is 5.36. The highest BCUT2D eigenvalue weighted by Gasteiger charge is 2.35. The summed E-state index contributed by atoms with van der Waals surface area (Å²) in [6.07, 6.45) is 1.95. The molecule has 0 aliphatic heterocycles. The number of anilines is 1. The highest BCUT2D eigenvalue weighted by atomic mass is 16.6. The van der Waals surface area contributed by atoms with Crippen LogP contribution in [0.25, 0.3) is 0 Å². The van der Waals surface area contributed by atoms with Crippen LogP contribution in [-0.2, 0) is 14.3 Å². The average Bonchev–Trinajstić information content (AvgIpc) is 2.80. The number of carbonyl (C=O) groups excluding carboxylic acids is 3. The van der Waals surface area contributed by atoms with Crippen molar-refractivity contribution < 1.29 is 19.1 Å². The van der Waals surface area contributed by atoms with Crippen LogP contribution in [0.5, 0.6) is 0 Å². The van der Waals surface area contributed by atoms with Gasteiger partial charge in [-0.25, -0.2) is 4.79 Å². The van der Waals surface area contributed by atoms with E-state index in [0.717, 1.165) is 41.5 Å². The third kappa shape index (κ3) is 8.62. The van der Waals surface area contributed by atoms with Crippen LogP contribution in [0.3, 0.4) is 0 Å². The molecule has 0 heterocycles. The molecule has 0 aromatic heterocycles. The fourth-order valence-corrected chi connectivity index (χ4v) is 4.13. The van der Waals surface area contributed by atoms with E-state index in [1.807, 2.05) is 63.2 Å². The van der Waals surface area contributed by atoms with Crippen molar-refractivity contribution in [3.8, 4) is 0 Å². The minimum absolute atomic E-state index is 0.294. The Morgan fingerprint density at radius 1 is 0.946 bits per heavy atom. The van der Waals surface area contributed by atoms with Gasteiger partial charge in [-0.1, -0.05) is 56.2 Å². The van der Waals surface area contributed by atoms with Gasteiger partial charge in [-0.3, -0.25) is 9.59 Å². The Kier molecular flexibility index (Phi) is 10.7. The van der Waals surface area contributed by atoms with Gasteiger partial charge in [0.15, 0.2) is 0 Å². The molecule has 0 bridgehead atoms. The van der Waals surface area contributed by atoms with Crippen LogP contribution in [-0.4, -0.2) is 41.0 Å². The van der Waals surface area contributed by atoms with E-state index in [1.165, 1.54) is 0 Å². The summed E-state index contributed by atoms with van der Waals surface area (Å²) in [4.78, 5) is 41.8. The van der Waals surface area contributed by atoms with Crippen LogP contribution >= 0.6 is 0 Å². The number of carbonyl (C=O) groups is 3. The second-order valence-electron chi connectivity index (χ2n) is 10.6. The zero-order valence-corrected chi connectivity index (χ0v) is 23.6. The second-order valence-corrected chi connectivity index (χ2v) is 10.6. The number of benzene rings is 2. The molecule has 37 heavy (non-hydrogen) atoms. The van der Waals surface area contributed by atoms with Gasteiger partial charge < -0.3 is 20.3 Å². The van der Waals surface area contributed by atoms with E-state index < -0.39 is 23.8 Å². The summed E-state index contributed by atoms with van der Waals surface area (Å²) >= 11 is 0. The summed E-state index contributed by atoms with van der Waals surface area (Å²) in [6.45, 7) is 15.3. The summed E-state index contributed by atoms with van der Waals surface area (Å²) in [5.74, 6) is -0.634. The Bertz CT molecular complexity index is 1090. The SMILES string of the molecule is CCCCCN(C(=O)C(C)NC(=O)OC(C)(C)C)C(C(=O)Nc1ccccc1C)c1cccc(C)c1C. The van der Waals surface area contributed by atoms with Gasteiger partial charge in [0.25, 0.3) is 5.91 Å². The quantitative estimate of drug-likeness (QED) is 0.372. The topological polar surface area (TPSA) is 87.7 Å². The first kappa shape index (κ1) is 29.9. The summed E-state index contributed by atoms with van der Waals surface area (Å²) in [6, 6.07) is 11.6. The maximum atomic E-state index is 13.9. The van der Waals surface area contributed by atoms with Crippen LogP contribution in [0.15, 0.2) is 42.5 Å². The second kappa shape index (κ2) is 13.3. The summed E-state index contributed by atoms with van der Waals surface area (Å²) in [7, 11) is 0. The minimum Gasteiger partial charge on any atom is -0.444 e. The number of para-hydroxylation sites is 1. The molecule has 0 fully saturated rings. The molecule has 2 rings (SSSR count). The number of ether oxygens (including phenoxy) is 1. The Balaban J connectivity index is 2.50. The smallest absolute Gasteiger partial charge is 0.408 e. The summed E-state index contributed by atoms with van der Waals surface area (Å²) in [5, 5.41) is 5.70. The number of hydrogen-bond donors (Lipinski definition) is 2. The van der Waals surface area contributed by atoms with Gasteiger partial charge in [0.2, 0.25) is 5.91 Å². The molecule has 0 aliphatic rings. The Morgan fingerprint density at radius 3 is 2.22 bits per heavy atom. The lowest BCUT2D eigenvalue weighted by atomic mass is 9.94. The maximum absolute atomic E-state index is 13.9. The molecule has 0 radical (unpaired) electrons. The number of rotatable bonds is 10. The Labute approximate surface area is 222 Å². The normalized spacial score (nSPS) is 12.9. The van der Waals surface area contributed by atoms with Crippen LogP contribution < -0.4 is 10.6 Å². The zero-order chi connectivity index (χ0) is 27.8. The molecule has 0 aliphatic carbocycles. The van der Waals surface area contributed by atoms with Crippen molar-refractivity contribution in [3.05, 3.63) is 64.7 Å². The van der Waals surface area contributed by atoms with Crippen molar-refractivity contribution in [2.75, 3.05) is 11.9 Å². The number of nitrogens with one attached hydrogen (secondary N) is 2. The molecule has 0 spiro atoms. The van der Waals surface area contributed by atoms with Crippen molar-refractivity contribution >= 4 is 23.6 Å². The molecule has 2 aromatic rings. The number of unbranched alkanes of at least 4 members (excludes halogenated alkanes) is 2. The van der Waals surface area contributed by atoms with Gasteiger partial charge in [-0.2, -0.15) is 0 Å². The monoisotopic (exact) mass is 509 g/mol. The maximum Gasteiger partial charge on any atom is 0.408 e. The van der Waals surface area contributed by atoms with E-state index in [1.54, 1.807) is 32.6 Å². The van der Waals surface area contributed by atoms with E-state index in [-0.39, 0.29) is 11.8 Å². The van der Waals surface area contributed by atoms with E-state index in [0.29, 0.717) is 12.2 Å². The number of amides is 3. The van der Waals surface area contributed by atoms with E-state index in [4.69, 9.17) is 4.74 Å². The number of nitrogens with zero attached hydrogens (tertiary/aromatic N) is 1. The zero-order valence-electron chi connectivity index (χ0n) is 23.6. The molecule has 2 N–H and O–H groups in total. The lowest BCUT2D eigenvalue weighted by Gasteiger charge is -2.34. The van der Waals surface area contributed by atoms with Gasteiger partial charge in [-0.15, -0.1) is 0 Å². The molecule has 7 nitrogen and oxygen atoms in total. The Morgan fingerprint density at radius 2 is 1.59 bits per heavy atom. The number of alkyl carbamates (subject to hydrolysis) is 1. The first-order valence-corrected chi connectivity index (χ1v) is 13.1. The van der Waals surface area contributed by atoms with Crippen molar-refractivity contribution in [1.29, 1.82) is 0 Å². The van der Waals surface area contributed by atoms with Crippen molar-refractivity contribution in [2.24, 2.45) is 0 Å². The van der Waals surface area contributed by atoms with Crippen LogP contribution in [0.1, 0.15) is 82.2 Å². The van der Waals surface area contributed by atoms with Gasteiger partial charge in [0.05, 0.1) is 0 Å². The largest absolute Gasteiger partial charge is 0.444 e. The molecule has 0 saturated carbocycles. The lowest BCUT2D eigenvalue weighted by Crippen LogP contribution is -2.51. The van der Waals surface area contributed by atoms with Gasteiger partial charge >= 0.3 is 6.09 Å². The fraction of sp³-hybridized carbons (Fsp3) is 0.500. The molecule has 3 amide bonds. The predicted octanol–water partition coefficient (Wildman–Crippen LogP) is 6.22. The van der Waals surface area contributed by atoms with Crippen LogP contribution in [0, 0.1) is 20.8 Å². The Hall–Kier alpha value is -3.35. The first-order valence-electron chi connectivity index (χ1n) is 13.1. The average molecular weight is 510 g/mol. The lowest BCUT2D eigenvalue weighted by molar-refractivity contribution is -0.140. The molecule has 2 atom stereocenters. The number of hydrogen-bond acceptors (Lipinski definition) is 4. The fourth-order valence-electron chi connectivity index (χ4n) is 4.13. The summed E-state index contributed by atoms with van der Waals surface area (Å²) in [5.41, 5.74) is 3.69. The van der Waals surface area contributed by atoms with Gasteiger partial charge in [0.1, 0.15) is 17.7 Å². The molecule has 0 saturated heterocycles. The van der Waals surface area contributed by atoms with Gasteiger partial charge in [0, 0.05) is 12.2 Å². The van der Waals surface area contributed by atoms with E-state index in [2.05, 4.69) is 17.6 Å². The van der Waals surface area contributed by atoms with Crippen LogP contribution in [0.4, 0.5) is 10.5 Å². The molecule has 7 heteroatoms. The third-order valence-corrected chi connectivity index (χ3v) is 6.29. The minimum atomic E-state index is -0.879. The predicted molar refractivity (Wildman–Crippen MR) is 149 cm³/mol. The van der Waals surface area contributed by atoms with Gasteiger partial charge in [-0.05, 0) is 83.2 Å².